The molecule has 34 heavy (non-hydrogen) atoms. The molecule has 170 valence electrons. The summed E-state index contributed by atoms with van der Waals surface area (Å²) in [6, 6.07) is 13.9. The van der Waals surface area contributed by atoms with Gasteiger partial charge in [-0.1, -0.05) is 63.9 Å². The van der Waals surface area contributed by atoms with E-state index < -0.39 is 31.9 Å². The summed E-state index contributed by atoms with van der Waals surface area (Å²) in [6.45, 7) is -3.16. The molecule has 0 amide bonds. The predicted octanol–water partition coefficient (Wildman–Crippen LogP) is 7.52. The number of hydrogen-bond donors (Lipinski definition) is 0. The Hall–Kier alpha value is -3.46. The first-order valence-electron chi connectivity index (χ1n) is 16.2. The van der Waals surface area contributed by atoms with Gasteiger partial charge in [-0.25, -0.2) is 9.55 Å². The summed E-state index contributed by atoms with van der Waals surface area (Å²) < 4.78 is 91.9. The van der Waals surface area contributed by atoms with Gasteiger partial charge in [0, 0.05) is 47.1 Å². The Morgan fingerprint density at radius 2 is 1.85 bits per heavy atom. The van der Waals surface area contributed by atoms with Crippen molar-refractivity contribution in [2.24, 2.45) is 7.05 Å². The van der Waals surface area contributed by atoms with Gasteiger partial charge in [-0.15, -0.1) is 0 Å². The van der Waals surface area contributed by atoms with E-state index in [0.29, 0.717) is 44.3 Å². The highest BCUT2D eigenvalue weighted by atomic mass is 16.3. The lowest BCUT2D eigenvalue weighted by atomic mass is 9.85. The fourth-order valence-electron chi connectivity index (χ4n) is 5.16. The standard InChI is InChI=1S/C31H31N2O/c1-17(2)22-15-26(33(7)16-19(22)4)27-18(3)12-13-21-24-14-23-20-10-8-9-11-25(20)31(5,6)29(23)32-30(24)34-28(21)27/h8-17H,1-7H3/q+1/i4D3,5D3,6D3,17D. The van der Waals surface area contributed by atoms with E-state index in [1.807, 2.05) is 19.1 Å². The maximum atomic E-state index is 8.72. The SMILES string of the molecule is [2H]C([2H])([2H])c1c[n+](C)c(-c2c(C)ccc3c2oc2nc4c(cc23)-c2ccccc2C4(C([2H])([2H])[2H])C([2H])([2H])[2H])cc1C([2H])(C)C. The molecule has 6 rings (SSSR count). The number of aryl methyl sites for hydroxylation is 3. The zero-order valence-electron chi connectivity index (χ0n) is 29.5. The molecule has 3 heterocycles. The minimum atomic E-state index is -2.95. The highest BCUT2D eigenvalue weighted by Crippen LogP contribution is 2.49. The van der Waals surface area contributed by atoms with Crippen LogP contribution < -0.4 is 4.57 Å². The monoisotopic (exact) mass is 457 g/mol. The third-order valence-corrected chi connectivity index (χ3v) is 6.89. The molecule has 1 aliphatic rings. The molecule has 0 aliphatic heterocycles. The van der Waals surface area contributed by atoms with Crippen molar-refractivity contribution >= 4 is 22.1 Å². The van der Waals surface area contributed by atoms with E-state index in [1.165, 1.54) is 6.20 Å². The van der Waals surface area contributed by atoms with Crippen LogP contribution in [0.4, 0.5) is 0 Å². The zero-order chi connectivity index (χ0) is 32.4. The molecule has 0 fully saturated rings. The van der Waals surface area contributed by atoms with Gasteiger partial charge in [0.25, 0.3) is 0 Å². The van der Waals surface area contributed by atoms with E-state index in [9.17, 15) is 0 Å². The quantitative estimate of drug-likeness (QED) is 0.257. The van der Waals surface area contributed by atoms with E-state index >= 15 is 0 Å². The first kappa shape index (κ1) is 12.9. The van der Waals surface area contributed by atoms with Crippen LogP contribution in [-0.4, -0.2) is 4.98 Å². The molecule has 0 bridgehead atoms. The minimum absolute atomic E-state index is 0.0747. The summed E-state index contributed by atoms with van der Waals surface area (Å²) in [7, 11) is 1.73. The molecule has 0 unspecified atom stereocenters. The van der Waals surface area contributed by atoms with Crippen LogP contribution in [-0.2, 0) is 12.5 Å². The lowest BCUT2D eigenvalue weighted by Gasteiger charge is -2.19. The number of hydrogen-bond acceptors (Lipinski definition) is 2. The Labute approximate surface area is 215 Å². The molecule has 0 spiro atoms. The van der Waals surface area contributed by atoms with Gasteiger partial charge in [-0.2, -0.15) is 0 Å². The average Bonchev–Trinajstić information content (AvgIpc) is 3.39. The summed E-state index contributed by atoms with van der Waals surface area (Å²) in [4.78, 5) is 4.69. The summed E-state index contributed by atoms with van der Waals surface area (Å²) in [5, 5.41) is 1.27. The second-order valence-electron chi connectivity index (χ2n) is 9.37. The molecular formula is C31H31N2O+. The number of furan rings is 1. The van der Waals surface area contributed by atoms with Crippen LogP contribution in [0.25, 0.3) is 44.5 Å². The molecule has 0 atom stereocenters. The molecule has 3 aromatic heterocycles. The van der Waals surface area contributed by atoms with Crippen molar-refractivity contribution < 1.29 is 22.7 Å². The van der Waals surface area contributed by atoms with Gasteiger partial charge in [-0.3, -0.25) is 0 Å². The second-order valence-corrected chi connectivity index (χ2v) is 9.37. The average molecular weight is 458 g/mol. The number of aromatic nitrogens is 2. The summed E-state index contributed by atoms with van der Waals surface area (Å²) in [6.07, 6.45) is 1.53. The van der Waals surface area contributed by atoms with Crippen LogP contribution >= 0.6 is 0 Å². The molecule has 0 saturated heterocycles. The zero-order valence-corrected chi connectivity index (χ0v) is 19.5. The first-order valence-corrected chi connectivity index (χ1v) is 11.2. The van der Waals surface area contributed by atoms with Gasteiger partial charge >= 0.3 is 0 Å². The van der Waals surface area contributed by atoms with Crippen molar-refractivity contribution in [2.45, 2.75) is 52.6 Å². The summed E-state index contributed by atoms with van der Waals surface area (Å²) in [5.41, 5.74) is 1.74. The summed E-state index contributed by atoms with van der Waals surface area (Å²) in [5.74, 6) is -1.22. The largest absolute Gasteiger partial charge is 0.437 e. The molecule has 0 N–H and O–H groups in total. The van der Waals surface area contributed by atoms with Crippen molar-refractivity contribution in [3.05, 3.63) is 82.7 Å². The van der Waals surface area contributed by atoms with E-state index in [0.717, 1.165) is 5.56 Å². The van der Waals surface area contributed by atoms with Crippen LogP contribution in [0.1, 0.15) is 75.1 Å². The maximum Gasteiger partial charge on any atom is 0.227 e. The third-order valence-electron chi connectivity index (χ3n) is 6.89. The van der Waals surface area contributed by atoms with E-state index in [4.69, 9.17) is 18.1 Å². The minimum Gasteiger partial charge on any atom is -0.437 e. The molecule has 0 radical (unpaired) electrons. The van der Waals surface area contributed by atoms with Gasteiger partial charge in [0.15, 0.2) is 11.8 Å². The molecule has 1 aliphatic carbocycles. The number of fused-ring (bicyclic) bond motifs is 6. The van der Waals surface area contributed by atoms with Crippen molar-refractivity contribution in [2.75, 3.05) is 0 Å². The first-order chi connectivity index (χ1) is 20.2. The van der Waals surface area contributed by atoms with Crippen LogP contribution in [0.3, 0.4) is 0 Å². The maximum absolute atomic E-state index is 8.72. The van der Waals surface area contributed by atoms with Crippen LogP contribution in [0.5, 0.6) is 0 Å². The molecule has 3 heteroatoms. The van der Waals surface area contributed by atoms with Crippen molar-refractivity contribution in [3.63, 3.8) is 0 Å². The predicted molar refractivity (Wildman–Crippen MR) is 139 cm³/mol. The lowest BCUT2D eigenvalue weighted by molar-refractivity contribution is -0.660. The fourth-order valence-corrected chi connectivity index (χ4v) is 5.16. The van der Waals surface area contributed by atoms with Crippen LogP contribution in [0, 0.1) is 13.8 Å². The topological polar surface area (TPSA) is 29.9 Å². The second kappa shape index (κ2) is 7.02. The van der Waals surface area contributed by atoms with E-state index in [2.05, 4.69) is 4.98 Å². The Morgan fingerprint density at radius 3 is 2.62 bits per heavy atom. The Morgan fingerprint density at radius 1 is 1.03 bits per heavy atom. The number of benzene rings is 2. The molecule has 0 saturated carbocycles. The molecule has 2 aromatic carbocycles. The Bertz CT molecular complexity index is 1980. The van der Waals surface area contributed by atoms with Gasteiger partial charge in [-0.05, 0) is 48.0 Å². The number of rotatable bonds is 2. The van der Waals surface area contributed by atoms with Crippen molar-refractivity contribution in [1.29, 1.82) is 0 Å². The van der Waals surface area contributed by atoms with Gasteiger partial charge in [0.05, 0.1) is 11.3 Å². The molecule has 3 nitrogen and oxygen atoms in total. The highest BCUT2D eigenvalue weighted by molar-refractivity contribution is 6.10. The number of pyridine rings is 2. The Kier molecular flexibility index (Phi) is 2.65. The smallest absolute Gasteiger partial charge is 0.227 e. The Balaban J connectivity index is 1.71. The van der Waals surface area contributed by atoms with Crippen LogP contribution in [0.2, 0.25) is 0 Å². The van der Waals surface area contributed by atoms with Crippen molar-refractivity contribution in [1.82, 2.24) is 4.98 Å². The number of nitrogens with zero attached hydrogens (tertiary/aromatic N) is 2. The normalized spacial score (nSPS) is 20.0. The molecule has 5 aromatic rings. The van der Waals surface area contributed by atoms with Gasteiger partial charge in [0.1, 0.15) is 7.05 Å². The van der Waals surface area contributed by atoms with Crippen molar-refractivity contribution in [3.8, 4) is 22.4 Å². The van der Waals surface area contributed by atoms with E-state index in [-0.39, 0.29) is 22.5 Å². The lowest BCUT2D eigenvalue weighted by Crippen LogP contribution is -2.32. The highest BCUT2D eigenvalue weighted by Gasteiger charge is 2.37. The summed E-state index contributed by atoms with van der Waals surface area (Å²) >= 11 is 0. The van der Waals surface area contributed by atoms with Gasteiger partial charge in [0.2, 0.25) is 11.4 Å². The fraction of sp³-hybridized carbons (Fsp3) is 0.290. The van der Waals surface area contributed by atoms with E-state index in [1.54, 1.807) is 61.9 Å². The van der Waals surface area contributed by atoms with Gasteiger partial charge < -0.3 is 4.42 Å². The molecular weight excluding hydrogens is 416 g/mol. The van der Waals surface area contributed by atoms with Crippen LogP contribution in [0.15, 0.2) is 59.1 Å². The third kappa shape index (κ3) is 2.76.